The van der Waals surface area contributed by atoms with Gasteiger partial charge in [0.25, 0.3) is 0 Å². The number of hydrogen-bond acceptors (Lipinski definition) is 6. The van der Waals surface area contributed by atoms with E-state index in [1.807, 2.05) is 31.2 Å². The molecule has 0 bridgehead atoms. The molecule has 144 valence electrons. The Morgan fingerprint density at radius 2 is 2.07 bits per heavy atom. The van der Waals surface area contributed by atoms with E-state index in [-0.39, 0.29) is 11.8 Å². The Kier molecular flexibility index (Phi) is 5.54. The van der Waals surface area contributed by atoms with Gasteiger partial charge in [0, 0.05) is 25.5 Å². The molecule has 0 aliphatic carbocycles. The van der Waals surface area contributed by atoms with Crippen molar-refractivity contribution in [3.05, 3.63) is 42.1 Å². The van der Waals surface area contributed by atoms with Crippen molar-refractivity contribution in [3.8, 4) is 6.07 Å². The van der Waals surface area contributed by atoms with Gasteiger partial charge in [0.05, 0.1) is 12.5 Å². The summed E-state index contributed by atoms with van der Waals surface area (Å²) in [6.07, 6.45) is 2.88. The lowest BCUT2D eigenvalue weighted by Gasteiger charge is -2.19. The van der Waals surface area contributed by atoms with Crippen LogP contribution in [0.25, 0.3) is 0 Å². The van der Waals surface area contributed by atoms with Crippen molar-refractivity contribution in [2.75, 3.05) is 23.8 Å². The molecule has 1 aromatic heterocycles. The first-order valence-electron chi connectivity index (χ1n) is 9.14. The lowest BCUT2D eigenvalue weighted by Crippen LogP contribution is -2.33. The predicted octanol–water partition coefficient (Wildman–Crippen LogP) is 2.17. The fourth-order valence-corrected chi connectivity index (χ4v) is 3.17. The average molecular weight is 378 g/mol. The van der Waals surface area contributed by atoms with Crippen molar-refractivity contribution in [1.82, 2.24) is 15.3 Å². The molecular weight excluding hydrogens is 356 g/mol. The highest BCUT2D eigenvalue weighted by molar-refractivity contribution is 6.01. The third-order valence-electron chi connectivity index (χ3n) is 5.01. The molecule has 2 N–H and O–H groups in total. The lowest BCUT2D eigenvalue weighted by atomic mass is 9.85. The molecule has 28 heavy (non-hydrogen) atoms. The quantitative estimate of drug-likeness (QED) is 0.797. The zero-order chi connectivity index (χ0) is 20.1. The summed E-state index contributed by atoms with van der Waals surface area (Å²) in [5.74, 6) is 0.577. The minimum atomic E-state index is -0.959. The lowest BCUT2D eigenvalue weighted by molar-refractivity contribution is -0.123. The van der Waals surface area contributed by atoms with Crippen LogP contribution in [-0.4, -0.2) is 35.4 Å². The molecule has 0 spiro atoms. The van der Waals surface area contributed by atoms with Crippen LogP contribution in [0.4, 0.5) is 17.5 Å². The minimum Gasteiger partial charge on any atom is -0.359 e. The van der Waals surface area contributed by atoms with Crippen LogP contribution in [0.1, 0.15) is 25.3 Å². The standard InChI is InChI=1S/C20H22N6O2/c1-3-20(13-21)9-11-26(18(20)28)16-8-10-23-19(25-16)24-15-6-4-14(5-7-15)12-17(27)22-2/h4-8,10H,3,9,11-12H2,1-2H3,(H,22,27)(H,23,24,25)/t20-/m1/s1. The Morgan fingerprint density at radius 3 is 2.68 bits per heavy atom. The molecule has 8 heteroatoms. The zero-order valence-electron chi connectivity index (χ0n) is 15.9. The van der Waals surface area contributed by atoms with Gasteiger partial charge in [-0.15, -0.1) is 0 Å². The molecule has 1 aliphatic heterocycles. The Bertz CT molecular complexity index is 921. The summed E-state index contributed by atoms with van der Waals surface area (Å²) >= 11 is 0. The predicted molar refractivity (Wildman–Crippen MR) is 105 cm³/mol. The number of rotatable bonds is 6. The van der Waals surface area contributed by atoms with Gasteiger partial charge in [-0.25, -0.2) is 4.98 Å². The van der Waals surface area contributed by atoms with Crippen molar-refractivity contribution < 1.29 is 9.59 Å². The molecule has 8 nitrogen and oxygen atoms in total. The number of benzene rings is 1. The SMILES string of the molecule is CC[C@]1(C#N)CCN(c2ccnc(Nc3ccc(CC(=O)NC)cc3)n2)C1=O. The topological polar surface area (TPSA) is 111 Å². The number of carbonyl (C=O) groups is 2. The monoisotopic (exact) mass is 378 g/mol. The number of nitrogens with one attached hydrogen (secondary N) is 2. The molecule has 0 unspecified atom stereocenters. The average Bonchev–Trinajstić information content (AvgIpc) is 3.06. The Hall–Kier alpha value is -3.47. The molecule has 1 aliphatic rings. The molecule has 1 fully saturated rings. The summed E-state index contributed by atoms with van der Waals surface area (Å²) in [6, 6.07) is 11.2. The number of aromatic nitrogens is 2. The third kappa shape index (κ3) is 3.78. The van der Waals surface area contributed by atoms with Crippen molar-refractivity contribution >= 4 is 29.3 Å². The number of amides is 2. The molecule has 2 heterocycles. The first kappa shape index (κ1) is 19.3. The second-order valence-electron chi connectivity index (χ2n) is 6.66. The van der Waals surface area contributed by atoms with E-state index in [9.17, 15) is 14.9 Å². The first-order chi connectivity index (χ1) is 13.5. The van der Waals surface area contributed by atoms with Crippen LogP contribution in [0.3, 0.4) is 0 Å². The summed E-state index contributed by atoms with van der Waals surface area (Å²) in [4.78, 5) is 34.3. The Morgan fingerprint density at radius 1 is 1.32 bits per heavy atom. The van der Waals surface area contributed by atoms with Crippen LogP contribution in [0.5, 0.6) is 0 Å². The van der Waals surface area contributed by atoms with Gasteiger partial charge in [0.1, 0.15) is 11.2 Å². The van der Waals surface area contributed by atoms with E-state index in [2.05, 4.69) is 26.7 Å². The Labute approximate surface area is 163 Å². The first-order valence-corrected chi connectivity index (χ1v) is 9.14. The number of hydrogen-bond donors (Lipinski definition) is 2. The highest BCUT2D eigenvalue weighted by atomic mass is 16.2. The fraction of sp³-hybridized carbons (Fsp3) is 0.350. The number of nitrogens with zero attached hydrogens (tertiary/aromatic N) is 4. The van der Waals surface area contributed by atoms with Gasteiger partial charge in [0.2, 0.25) is 17.8 Å². The van der Waals surface area contributed by atoms with E-state index >= 15 is 0 Å². The van der Waals surface area contributed by atoms with E-state index < -0.39 is 5.41 Å². The van der Waals surface area contributed by atoms with E-state index in [0.717, 1.165) is 11.3 Å². The maximum atomic E-state index is 12.7. The molecule has 1 aromatic carbocycles. The van der Waals surface area contributed by atoms with Crippen LogP contribution in [0.2, 0.25) is 0 Å². The Balaban J connectivity index is 1.73. The summed E-state index contributed by atoms with van der Waals surface area (Å²) in [5, 5.41) is 15.1. The largest absolute Gasteiger partial charge is 0.359 e. The van der Waals surface area contributed by atoms with Crippen molar-refractivity contribution in [2.24, 2.45) is 5.41 Å². The molecule has 3 rings (SSSR count). The van der Waals surface area contributed by atoms with Crippen molar-refractivity contribution in [1.29, 1.82) is 5.26 Å². The number of likely N-dealkylation sites (N-methyl/N-ethyl adjacent to an activating group) is 1. The van der Waals surface area contributed by atoms with Crippen LogP contribution in [0.15, 0.2) is 36.5 Å². The van der Waals surface area contributed by atoms with Crippen LogP contribution in [0, 0.1) is 16.7 Å². The molecule has 0 radical (unpaired) electrons. The van der Waals surface area contributed by atoms with Crippen molar-refractivity contribution in [3.63, 3.8) is 0 Å². The molecule has 1 saturated heterocycles. The van der Waals surface area contributed by atoms with Crippen LogP contribution >= 0.6 is 0 Å². The molecule has 1 atom stereocenters. The highest BCUT2D eigenvalue weighted by Crippen LogP contribution is 2.36. The maximum absolute atomic E-state index is 12.7. The van der Waals surface area contributed by atoms with Gasteiger partial charge in [-0.1, -0.05) is 19.1 Å². The van der Waals surface area contributed by atoms with Gasteiger partial charge in [-0.2, -0.15) is 10.2 Å². The molecule has 2 aromatic rings. The van der Waals surface area contributed by atoms with Gasteiger partial charge >= 0.3 is 0 Å². The minimum absolute atomic E-state index is 0.0486. The molecular formula is C20H22N6O2. The normalized spacial score (nSPS) is 18.6. The second kappa shape index (κ2) is 8.05. The fourth-order valence-electron chi connectivity index (χ4n) is 3.17. The highest BCUT2D eigenvalue weighted by Gasteiger charge is 2.46. The van der Waals surface area contributed by atoms with E-state index in [0.29, 0.717) is 37.6 Å². The summed E-state index contributed by atoms with van der Waals surface area (Å²) in [7, 11) is 1.61. The zero-order valence-corrected chi connectivity index (χ0v) is 15.9. The summed E-state index contributed by atoms with van der Waals surface area (Å²) in [5.41, 5.74) is 0.708. The van der Waals surface area contributed by atoms with Crippen LogP contribution in [-0.2, 0) is 16.0 Å². The third-order valence-corrected chi connectivity index (χ3v) is 5.01. The van der Waals surface area contributed by atoms with Gasteiger partial charge in [-0.3, -0.25) is 14.5 Å². The number of anilines is 3. The van der Waals surface area contributed by atoms with E-state index in [4.69, 9.17) is 0 Å². The summed E-state index contributed by atoms with van der Waals surface area (Å²) < 4.78 is 0. The number of carbonyl (C=O) groups excluding carboxylic acids is 2. The van der Waals surface area contributed by atoms with Crippen LogP contribution < -0.4 is 15.5 Å². The maximum Gasteiger partial charge on any atom is 0.248 e. The second-order valence-corrected chi connectivity index (χ2v) is 6.66. The summed E-state index contributed by atoms with van der Waals surface area (Å²) in [6.45, 7) is 2.32. The van der Waals surface area contributed by atoms with Crippen molar-refractivity contribution in [2.45, 2.75) is 26.2 Å². The molecule has 2 amide bonds. The van der Waals surface area contributed by atoms with Gasteiger partial charge < -0.3 is 10.6 Å². The van der Waals surface area contributed by atoms with E-state index in [1.54, 1.807) is 24.2 Å². The number of nitriles is 1. The smallest absolute Gasteiger partial charge is 0.248 e. The molecule has 0 saturated carbocycles. The van der Waals surface area contributed by atoms with Gasteiger partial charge in [-0.05, 0) is 36.6 Å². The van der Waals surface area contributed by atoms with E-state index in [1.165, 1.54) is 0 Å². The van der Waals surface area contributed by atoms with Gasteiger partial charge in [0.15, 0.2) is 0 Å².